The SMILES string of the molecule is c1ccc(-n2c3ccccc3c3c(-c4nc(N5c6ccccc6-c6cccc7cccc5c67)nc5c4oc4ccccc45)cccc32)cc1.c1ccc(-n2c3ccccc3c3cc(-c4nc(N5c6ccccc6-c6cccc7cccc5c67)nc5c4oc4ccccc45)ccc32)cc1.c1ccc(-n2c3ccccc3c3ccc(-c4nc(N5c6ccccc6-c6cccc7cccc5c67)nc5c4oc4ccccc45)cc32)cc1. The van der Waals surface area contributed by atoms with E-state index in [1.165, 1.54) is 65.2 Å². The van der Waals surface area contributed by atoms with Gasteiger partial charge in [-0.05, 0) is 185 Å². The van der Waals surface area contributed by atoms with Crippen LogP contribution in [-0.2, 0) is 0 Å². The van der Waals surface area contributed by atoms with Gasteiger partial charge in [-0.2, -0.15) is 0 Å². The quantitative estimate of drug-likeness (QED) is 0.136. The zero-order chi connectivity index (χ0) is 96.2. The normalized spacial score (nSPS) is 12.4. The van der Waals surface area contributed by atoms with Gasteiger partial charge in [0.1, 0.15) is 50.4 Å². The monoisotopic (exact) mass is 1880 g/mol. The van der Waals surface area contributed by atoms with E-state index in [0.29, 0.717) is 34.6 Å². The highest BCUT2D eigenvalue weighted by Crippen LogP contribution is 2.57. The maximum Gasteiger partial charge on any atom is 0.236 e. The van der Waals surface area contributed by atoms with Crippen LogP contribution in [0.1, 0.15) is 0 Å². The number of para-hydroxylation sites is 12. The van der Waals surface area contributed by atoms with E-state index in [-0.39, 0.29) is 0 Å². The van der Waals surface area contributed by atoms with Gasteiger partial charge in [-0.15, -0.1) is 0 Å². The summed E-state index contributed by atoms with van der Waals surface area (Å²) in [6.45, 7) is 0. The summed E-state index contributed by atoms with van der Waals surface area (Å²) in [5, 5.41) is 17.0. The van der Waals surface area contributed by atoms with Crippen molar-refractivity contribution in [3.63, 3.8) is 0 Å². The van der Waals surface area contributed by atoms with Crippen LogP contribution in [-0.4, -0.2) is 43.6 Å². The van der Waals surface area contributed by atoms with E-state index < -0.39 is 0 Å². The summed E-state index contributed by atoms with van der Waals surface area (Å²) in [6, 6.07) is 166. The van der Waals surface area contributed by atoms with Gasteiger partial charge < -0.3 is 27.0 Å². The lowest BCUT2D eigenvalue weighted by molar-refractivity contribution is 0.667. The maximum absolute atomic E-state index is 6.67. The molecule has 0 bridgehead atoms. The third kappa shape index (κ3) is 12.4. The Morgan fingerprint density at radius 1 is 0.170 bits per heavy atom. The molecule has 147 heavy (non-hydrogen) atoms. The highest BCUT2D eigenvalue weighted by molar-refractivity contribution is 6.23. The molecule has 15 heteroatoms. The summed E-state index contributed by atoms with van der Waals surface area (Å²) in [6.07, 6.45) is 0. The fourth-order valence-electron chi connectivity index (χ4n) is 23.6. The molecule has 30 aromatic rings. The van der Waals surface area contributed by atoms with Gasteiger partial charge in [0.25, 0.3) is 0 Å². The van der Waals surface area contributed by atoms with Crippen molar-refractivity contribution in [1.82, 2.24) is 43.6 Å². The Morgan fingerprint density at radius 2 is 0.463 bits per heavy atom. The molecule has 3 aliphatic heterocycles. The highest BCUT2D eigenvalue weighted by Gasteiger charge is 2.36. The first-order chi connectivity index (χ1) is 73.0. The number of nitrogens with zero attached hydrogens (tertiary/aromatic N) is 12. The number of fused-ring (bicyclic) bond motifs is 24. The first-order valence-corrected chi connectivity index (χ1v) is 49.5. The Hall–Kier alpha value is -20.2. The smallest absolute Gasteiger partial charge is 0.236 e. The van der Waals surface area contributed by atoms with Gasteiger partial charge in [0.2, 0.25) is 17.8 Å². The van der Waals surface area contributed by atoms with Crippen LogP contribution in [0.25, 0.3) is 248 Å². The summed E-state index contributed by atoms with van der Waals surface area (Å²) < 4.78 is 26.9. The molecule has 0 unspecified atom stereocenters. The van der Waals surface area contributed by atoms with Crippen molar-refractivity contribution in [1.29, 1.82) is 0 Å². The van der Waals surface area contributed by atoms with Crippen molar-refractivity contribution in [3.05, 3.63) is 473 Å². The summed E-state index contributed by atoms with van der Waals surface area (Å²) in [7, 11) is 0. The number of hydrogen-bond acceptors (Lipinski definition) is 12. The summed E-state index contributed by atoms with van der Waals surface area (Å²) in [5.41, 5.74) is 35.6. The second-order valence-corrected chi connectivity index (χ2v) is 37.8. The number of anilines is 9. The van der Waals surface area contributed by atoms with E-state index in [1.807, 2.05) is 54.6 Å². The topological polar surface area (TPSA) is 141 Å². The summed E-state index contributed by atoms with van der Waals surface area (Å²) in [4.78, 5) is 39.0. The van der Waals surface area contributed by atoms with Crippen molar-refractivity contribution in [2.75, 3.05) is 14.7 Å². The average molecular weight is 1880 g/mol. The molecule has 0 radical (unpaired) electrons. The number of rotatable bonds is 9. The van der Waals surface area contributed by atoms with E-state index in [4.69, 9.17) is 43.2 Å². The molecule has 0 saturated carbocycles. The van der Waals surface area contributed by atoms with Gasteiger partial charge in [-0.3, -0.25) is 14.7 Å². The minimum atomic E-state index is 0.604. The zero-order valence-corrected chi connectivity index (χ0v) is 78.6. The Balaban J connectivity index is 0.0000000999. The molecule has 0 saturated heterocycles. The molecule has 684 valence electrons. The molecule has 12 heterocycles. The molecular weight excluding hydrogens is 1800 g/mol. The Labute approximate surface area is 839 Å². The van der Waals surface area contributed by atoms with Crippen molar-refractivity contribution in [2.24, 2.45) is 0 Å². The average Bonchev–Trinajstić information content (AvgIpc) is 1.63. The minimum absolute atomic E-state index is 0.604. The van der Waals surface area contributed by atoms with E-state index in [9.17, 15) is 0 Å². The summed E-state index contributed by atoms with van der Waals surface area (Å²) >= 11 is 0. The van der Waals surface area contributed by atoms with E-state index >= 15 is 0 Å². The predicted octanol–water partition coefficient (Wildman–Crippen LogP) is 35.2. The molecule has 0 amide bonds. The van der Waals surface area contributed by atoms with Crippen LogP contribution in [0.2, 0.25) is 0 Å². The Morgan fingerprint density at radius 3 is 0.912 bits per heavy atom. The van der Waals surface area contributed by atoms with Gasteiger partial charge in [0.05, 0.1) is 67.2 Å². The van der Waals surface area contributed by atoms with Crippen LogP contribution in [0.15, 0.2) is 486 Å². The van der Waals surface area contributed by atoms with Gasteiger partial charge in [-0.25, -0.2) is 29.9 Å². The molecule has 0 fully saturated rings. The maximum atomic E-state index is 6.67. The second-order valence-electron chi connectivity index (χ2n) is 37.8. The van der Waals surface area contributed by atoms with Gasteiger partial charge in [0, 0.05) is 115 Å². The van der Waals surface area contributed by atoms with Crippen molar-refractivity contribution < 1.29 is 13.3 Å². The van der Waals surface area contributed by atoms with E-state index in [2.05, 4.69) is 447 Å². The fraction of sp³-hybridized carbons (Fsp3) is 0. The molecule has 0 aliphatic carbocycles. The van der Waals surface area contributed by atoms with Crippen LogP contribution >= 0.6 is 0 Å². The fourth-order valence-corrected chi connectivity index (χ4v) is 23.6. The number of furan rings is 3. The molecule has 15 nitrogen and oxygen atoms in total. The van der Waals surface area contributed by atoms with Crippen LogP contribution in [0.5, 0.6) is 0 Å². The minimum Gasteiger partial charge on any atom is -0.452 e. The molecule has 0 N–H and O–H groups in total. The van der Waals surface area contributed by atoms with Gasteiger partial charge >= 0.3 is 0 Å². The third-order valence-electron chi connectivity index (χ3n) is 29.8. The standard InChI is InChI=1S/3C44H26N4O/c1-2-14-29(15-3-1)47-35-20-7-5-17-31(35)34-26-28(24-25-37(34)47)41-43-42(33-18-6-9-23-39(33)49-43)46-44(45-41)48-36-21-8-4-16-30(36)32-19-10-12-27-13-11-22-38(48)40(27)32;1-2-15-28(16-3-1)47-35-23-8-5-18-31(35)40-33(21-12-25-37(40)47)42-43-41(32-19-6-9-26-38(32)49-43)45-44(46-42)48-34-22-7-4-17-29(34)30-20-10-13-27-14-11-24-36(48)39(27)30;1-2-14-29(15-3-1)47-35-20-7-4-16-30(35)32-25-24-28(26-38(32)47)41-43-42(34-18-6-9-23-39(34)49-43)46-44(45-41)48-36-21-8-5-17-31(36)33-19-10-12-27-13-11-22-37(48)40(27)33/h3*1-26H. The van der Waals surface area contributed by atoms with Crippen LogP contribution < -0.4 is 14.7 Å². The molecular formula is C132H78N12O3. The summed E-state index contributed by atoms with van der Waals surface area (Å²) in [5.74, 6) is 1.81. The lowest BCUT2D eigenvalue weighted by Gasteiger charge is -2.32. The first-order valence-electron chi connectivity index (χ1n) is 49.5. The number of hydrogen-bond donors (Lipinski definition) is 0. The third-order valence-corrected chi connectivity index (χ3v) is 29.8. The van der Waals surface area contributed by atoms with E-state index in [0.717, 1.165) is 200 Å². The van der Waals surface area contributed by atoms with Gasteiger partial charge in [0.15, 0.2) is 16.7 Å². The van der Waals surface area contributed by atoms with Crippen molar-refractivity contribution >= 4 is 216 Å². The number of benzene rings is 21. The molecule has 9 aromatic heterocycles. The second kappa shape index (κ2) is 32.2. The molecule has 33 rings (SSSR count). The predicted molar refractivity (Wildman–Crippen MR) is 601 cm³/mol. The van der Waals surface area contributed by atoms with Crippen LogP contribution in [0.4, 0.5) is 52.0 Å². The molecule has 0 atom stereocenters. The molecule has 3 aliphatic rings. The largest absolute Gasteiger partial charge is 0.452 e. The van der Waals surface area contributed by atoms with Crippen LogP contribution in [0.3, 0.4) is 0 Å². The van der Waals surface area contributed by atoms with Crippen molar-refractivity contribution in [3.8, 4) is 84.2 Å². The Bertz CT molecular complexity index is 10700. The molecule has 0 spiro atoms. The first kappa shape index (κ1) is 81.7. The van der Waals surface area contributed by atoms with Crippen molar-refractivity contribution in [2.45, 2.75) is 0 Å². The van der Waals surface area contributed by atoms with Crippen LogP contribution in [0, 0.1) is 0 Å². The number of aromatic nitrogens is 9. The molecule has 21 aromatic carbocycles. The zero-order valence-electron chi connectivity index (χ0n) is 78.6. The Kier molecular flexibility index (Phi) is 17.9. The van der Waals surface area contributed by atoms with Gasteiger partial charge in [-0.1, -0.05) is 322 Å². The lowest BCUT2D eigenvalue weighted by atomic mass is 9.91. The highest BCUT2D eigenvalue weighted by atomic mass is 16.3. The lowest BCUT2D eigenvalue weighted by Crippen LogP contribution is -2.17. The van der Waals surface area contributed by atoms with E-state index in [1.54, 1.807) is 0 Å².